The van der Waals surface area contributed by atoms with Gasteiger partial charge < -0.3 is 14.9 Å². The molecule has 0 aliphatic rings. The van der Waals surface area contributed by atoms with Gasteiger partial charge >= 0.3 is 0 Å². The van der Waals surface area contributed by atoms with Gasteiger partial charge in [-0.3, -0.25) is 10.1 Å². The van der Waals surface area contributed by atoms with Crippen LogP contribution in [-0.4, -0.2) is 45.7 Å². The standard InChI is InChI=1S/C25H22FN9/c1-13(2)30-16-6-15(9-27-10-16)17-7-18-20(8-19(17)26)33-34-22(18)25-31-23-21(4-5-28-24(23)32-25)35-11-14(3)29-12-35/h4-13,30H,1-3H3,(H,33,34)(H,28,31,32). The number of nitrogens with one attached hydrogen (secondary N) is 3. The molecule has 0 saturated heterocycles. The number of aromatic nitrogens is 8. The van der Waals surface area contributed by atoms with Crippen molar-refractivity contribution in [2.24, 2.45) is 0 Å². The van der Waals surface area contributed by atoms with Crippen molar-refractivity contribution in [2.75, 3.05) is 5.32 Å². The molecule has 35 heavy (non-hydrogen) atoms. The molecule has 174 valence electrons. The number of rotatable bonds is 5. The molecule has 0 spiro atoms. The fourth-order valence-corrected chi connectivity index (χ4v) is 4.22. The van der Waals surface area contributed by atoms with E-state index in [0.29, 0.717) is 33.8 Å². The van der Waals surface area contributed by atoms with Crippen molar-refractivity contribution in [1.82, 2.24) is 39.7 Å². The number of anilines is 1. The van der Waals surface area contributed by atoms with Crippen LogP contribution in [0.25, 0.3) is 50.4 Å². The third kappa shape index (κ3) is 3.68. The summed E-state index contributed by atoms with van der Waals surface area (Å²) in [5, 5.41) is 11.4. The Balaban J connectivity index is 1.48. The monoisotopic (exact) mass is 467 g/mol. The minimum absolute atomic E-state index is 0.234. The largest absolute Gasteiger partial charge is 0.382 e. The Morgan fingerprint density at radius 2 is 2.00 bits per heavy atom. The number of aryl methyl sites for hydroxylation is 1. The lowest BCUT2D eigenvalue weighted by molar-refractivity contribution is 0.632. The number of aromatic amines is 2. The summed E-state index contributed by atoms with van der Waals surface area (Å²) in [6, 6.07) is 7.25. The van der Waals surface area contributed by atoms with Gasteiger partial charge in [0.15, 0.2) is 11.5 Å². The summed E-state index contributed by atoms with van der Waals surface area (Å²) < 4.78 is 17.0. The lowest BCUT2D eigenvalue weighted by Gasteiger charge is -2.11. The predicted octanol–water partition coefficient (Wildman–Crippen LogP) is 5.02. The molecule has 6 aromatic rings. The summed E-state index contributed by atoms with van der Waals surface area (Å²) in [5.74, 6) is 0.175. The molecule has 0 fully saturated rings. The molecule has 5 heterocycles. The molecule has 0 aliphatic heterocycles. The van der Waals surface area contributed by atoms with Crippen LogP contribution in [0.5, 0.6) is 0 Å². The van der Waals surface area contributed by atoms with E-state index in [9.17, 15) is 0 Å². The van der Waals surface area contributed by atoms with E-state index in [1.807, 2.05) is 43.7 Å². The molecular weight excluding hydrogens is 445 g/mol. The Morgan fingerprint density at radius 3 is 2.80 bits per heavy atom. The Labute approximate surface area is 199 Å². The van der Waals surface area contributed by atoms with Crippen molar-refractivity contribution in [3.63, 3.8) is 0 Å². The molecule has 0 unspecified atom stereocenters. The number of imidazole rings is 2. The van der Waals surface area contributed by atoms with Crippen molar-refractivity contribution in [3.8, 4) is 28.3 Å². The Morgan fingerprint density at radius 1 is 1.11 bits per heavy atom. The smallest absolute Gasteiger partial charge is 0.180 e. The zero-order valence-electron chi connectivity index (χ0n) is 19.3. The number of hydrogen-bond acceptors (Lipinski definition) is 6. The van der Waals surface area contributed by atoms with Gasteiger partial charge in [0.1, 0.15) is 17.0 Å². The molecule has 3 N–H and O–H groups in total. The second-order valence-corrected chi connectivity index (χ2v) is 8.75. The molecule has 6 rings (SSSR count). The molecule has 0 atom stereocenters. The first-order chi connectivity index (χ1) is 17.0. The van der Waals surface area contributed by atoms with Crippen LogP contribution in [0.3, 0.4) is 0 Å². The Kier molecular flexibility index (Phi) is 4.80. The lowest BCUT2D eigenvalue weighted by atomic mass is 10.0. The molecule has 0 saturated carbocycles. The summed E-state index contributed by atoms with van der Waals surface area (Å²) in [4.78, 5) is 21.0. The number of halogens is 1. The topological polar surface area (TPSA) is 113 Å². The highest BCUT2D eigenvalue weighted by atomic mass is 19.1. The number of nitrogens with zero attached hydrogens (tertiary/aromatic N) is 6. The molecule has 0 bridgehead atoms. The SMILES string of the molecule is Cc1cn(-c2ccnc3nc(-c4n[nH]c5cc(F)c(-c6cncc(NC(C)C)c6)cc45)[nH]c23)cn1. The quantitative estimate of drug-likeness (QED) is 0.328. The highest BCUT2D eigenvalue weighted by molar-refractivity contribution is 5.96. The summed E-state index contributed by atoms with van der Waals surface area (Å²) in [6.45, 7) is 6.02. The fourth-order valence-electron chi connectivity index (χ4n) is 4.22. The minimum Gasteiger partial charge on any atom is -0.382 e. The summed E-state index contributed by atoms with van der Waals surface area (Å²) >= 11 is 0. The number of benzene rings is 1. The van der Waals surface area contributed by atoms with Crippen LogP contribution >= 0.6 is 0 Å². The first-order valence-electron chi connectivity index (χ1n) is 11.2. The van der Waals surface area contributed by atoms with Gasteiger partial charge in [0.2, 0.25) is 0 Å². The third-order valence-corrected chi connectivity index (χ3v) is 5.74. The lowest BCUT2D eigenvalue weighted by Crippen LogP contribution is -2.09. The summed E-state index contributed by atoms with van der Waals surface area (Å²) in [7, 11) is 0. The number of pyridine rings is 2. The van der Waals surface area contributed by atoms with E-state index in [-0.39, 0.29) is 11.9 Å². The zero-order chi connectivity index (χ0) is 24.1. The van der Waals surface area contributed by atoms with Gasteiger partial charge in [-0.1, -0.05) is 0 Å². The average Bonchev–Trinajstić information content (AvgIpc) is 3.55. The van der Waals surface area contributed by atoms with Crippen LogP contribution in [0.4, 0.5) is 10.1 Å². The van der Waals surface area contributed by atoms with E-state index in [0.717, 1.165) is 28.0 Å². The van der Waals surface area contributed by atoms with Crippen LogP contribution in [0.15, 0.2) is 55.4 Å². The second-order valence-electron chi connectivity index (χ2n) is 8.75. The molecule has 9 nitrogen and oxygen atoms in total. The first kappa shape index (κ1) is 21.0. The molecule has 0 radical (unpaired) electrons. The summed E-state index contributed by atoms with van der Waals surface area (Å²) in [6.07, 6.45) is 8.77. The number of H-pyrrole nitrogens is 2. The predicted molar refractivity (Wildman–Crippen MR) is 133 cm³/mol. The molecule has 10 heteroatoms. The van der Waals surface area contributed by atoms with Gasteiger partial charge in [-0.05, 0) is 39.0 Å². The van der Waals surface area contributed by atoms with Gasteiger partial charge in [-0.15, -0.1) is 0 Å². The minimum atomic E-state index is -0.361. The molecular formula is C25H22FN9. The van der Waals surface area contributed by atoms with E-state index < -0.39 is 0 Å². The van der Waals surface area contributed by atoms with Gasteiger partial charge in [0.05, 0.1) is 28.9 Å². The number of fused-ring (bicyclic) bond motifs is 2. The van der Waals surface area contributed by atoms with Crippen molar-refractivity contribution in [2.45, 2.75) is 26.8 Å². The van der Waals surface area contributed by atoms with Crippen LogP contribution in [0, 0.1) is 12.7 Å². The second kappa shape index (κ2) is 8.01. The maximum Gasteiger partial charge on any atom is 0.180 e. The zero-order valence-corrected chi connectivity index (χ0v) is 19.3. The Bertz CT molecular complexity index is 1690. The van der Waals surface area contributed by atoms with Crippen molar-refractivity contribution in [3.05, 3.63) is 66.9 Å². The van der Waals surface area contributed by atoms with E-state index in [1.165, 1.54) is 6.07 Å². The van der Waals surface area contributed by atoms with Crippen molar-refractivity contribution >= 4 is 27.8 Å². The maximum atomic E-state index is 15.1. The highest BCUT2D eigenvalue weighted by Gasteiger charge is 2.18. The van der Waals surface area contributed by atoms with E-state index in [1.54, 1.807) is 31.0 Å². The van der Waals surface area contributed by atoms with Crippen molar-refractivity contribution in [1.29, 1.82) is 0 Å². The molecule has 5 aromatic heterocycles. The molecule has 0 aliphatic carbocycles. The normalized spacial score (nSPS) is 11.7. The van der Waals surface area contributed by atoms with Gasteiger partial charge in [-0.2, -0.15) is 5.10 Å². The summed E-state index contributed by atoms with van der Waals surface area (Å²) in [5.41, 5.74) is 6.19. The Hall–Kier alpha value is -4.60. The first-order valence-corrected chi connectivity index (χ1v) is 11.2. The third-order valence-electron chi connectivity index (χ3n) is 5.74. The van der Waals surface area contributed by atoms with E-state index >= 15 is 4.39 Å². The van der Waals surface area contributed by atoms with Gasteiger partial charge in [-0.25, -0.2) is 19.3 Å². The van der Waals surface area contributed by atoms with Crippen LogP contribution in [-0.2, 0) is 0 Å². The van der Waals surface area contributed by atoms with Gasteiger partial charge in [0.25, 0.3) is 0 Å². The van der Waals surface area contributed by atoms with Crippen molar-refractivity contribution < 1.29 is 4.39 Å². The highest BCUT2D eigenvalue weighted by Crippen LogP contribution is 2.33. The fraction of sp³-hybridized carbons (Fsp3) is 0.160. The van der Waals surface area contributed by atoms with Crippen LogP contribution in [0.1, 0.15) is 19.5 Å². The molecule has 0 amide bonds. The van der Waals surface area contributed by atoms with Crippen LogP contribution in [0.2, 0.25) is 0 Å². The van der Waals surface area contributed by atoms with Crippen LogP contribution < -0.4 is 5.32 Å². The van der Waals surface area contributed by atoms with E-state index in [2.05, 4.69) is 40.4 Å². The average molecular weight is 468 g/mol. The molecule has 1 aromatic carbocycles. The maximum absolute atomic E-state index is 15.1. The van der Waals surface area contributed by atoms with E-state index in [4.69, 9.17) is 0 Å². The number of hydrogen-bond donors (Lipinski definition) is 3. The van der Waals surface area contributed by atoms with Gasteiger partial charge in [0, 0.05) is 53.4 Å².